The van der Waals surface area contributed by atoms with Crippen molar-refractivity contribution in [2.24, 2.45) is 0 Å². The van der Waals surface area contributed by atoms with Gasteiger partial charge >= 0.3 is 0 Å². The molecule has 0 radical (unpaired) electrons. The Morgan fingerprint density at radius 2 is 1.84 bits per heavy atom. The lowest BCUT2D eigenvalue weighted by Crippen LogP contribution is -1.92. The molecule has 2 aromatic rings. The molecule has 0 atom stereocenters. The zero-order valence-corrected chi connectivity index (χ0v) is 12.2. The van der Waals surface area contributed by atoms with Crippen LogP contribution in [0, 0.1) is 6.92 Å². The van der Waals surface area contributed by atoms with Crippen molar-refractivity contribution in [3.05, 3.63) is 53.6 Å². The number of nitrogen functional groups attached to an aromatic ring is 1. The topological polar surface area (TPSA) is 35.2 Å². The van der Waals surface area contributed by atoms with Gasteiger partial charge in [0.1, 0.15) is 5.75 Å². The summed E-state index contributed by atoms with van der Waals surface area (Å²) in [6.45, 7) is 4.78. The second-order valence-corrected chi connectivity index (χ2v) is 5.42. The lowest BCUT2D eigenvalue weighted by atomic mass is 10.2. The van der Waals surface area contributed by atoms with Gasteiger partial charge in [-0.1, -0.05) is 18.2 Å². The lowest BCUT2D eigenvalue weighted by molar-refractivity contribution is 0.340. The van der Waals surface area contributed by atoms with E-state index in [0.29, 0.717) is 6.61 Å². The Morgan fingerprint density at radius 1 is 1.11 bits per heavy atom. The van der Waals surface area contributed by atoms with Crippen LogP contribution >= 0.6 is 11.8 Å². The summed E-state index contributed by atoms with van der Waals surface area (Å²) >= 11 is 1.77. The quantitative estimate of drug-likeness (QED) is 0.652. The number of hydrogen-bond acceptors (Lipinski definition) is 3. The van der Waals surface area contributed by atoms with Gasteiger partial charge in [-0.05, 0) is 49.2 Å². The summed E-state index contributed by atoms with van der Waals surface area (Å²) in [4.78, 5) is 1.15. The molecule has 0 heterocycles. The Kier molecular flexibility index (Phi) is 4.74. The van der Waals surface area contributed by atoms with E-state index in [2.05, 4.69) is 25.1 Å². The number of anilines is 1. The average Bonchev–Trinajstić information content (AvgIpc) is 2.42. The number of ether oxygens (including phenoxy) is 1. The van der Waals surface area contributed by atoms with Gasteiger partial charge in [0.15, 0.2) is 0 Å². The molecule has 0 saturated heterocycles. The summed E-state index contributed by atoms with van der Waals surface area (Å²) in [5.74, 6) is 1.84. The Hall–Kier alpha value is -1.61. The van der Waals surface area contributed by atoms with Gasteiger partial charge in [0.2, 0.25) is 0 Å². The zero-order valence-electron chi connectivity index (χ0n) is 11.3. The van der Waals surface area contributed by atoms with E-state index < -0.39 is 0 Å². The third-order valence-corrected chi connectivity index (χ3v) is 3.94. The molecule has 0 spiro atoms. The number of benzene rings is 2. The lowest BCUT2D eigenvalue weighted by Gasteiger charge is -2.07. The molecule has 2 nitrogen and oxygen atoms in total. The normalized spacial score (nSPS) is 10.4. The molecule has 2 aromatic carbocycles. The maximum Gasteiger partial charge on any atom is 0.119 e. The SMILES string of the molecule is CCOc1ccc(CSc2cc(C)ccc2N)cc1. The molecule has 0 aliphatic heterocycles. The summed E-state index contributed by atoms with van der Waals surface area (Å²) in [6.07, 6.45) is 0. The van der Waals surface area contributed by atoms with Crippen LogP contribution < -0.4 is 10.5 Å². The van der Waals surface area contributed by atoms with E-state index in [1.54, 1.807) is 11.8 Å². The highest BCUT2D eigenvalue weighted by atomic mass is 32.2. The third kappa shape index (κ3) is 3.93. The Balaban J connectivity index is 2.00. The number of nitrogens with two attached hydrogens (primary N) is 1. The fourth-order valence-electron chi connectivity index (χ4n) is 1.78. The molecule has 0 fully saturated rings. The molecule has 0 saturated carbocycles. The van der Waals surface area contributed by atoms with Crippen molar-refractivity contribution in [3.63, 3.8) is 0 Å². The predicted octanol–water partition coefficient (Wildman–Crippen LogP) is 4.27. The van der Waals surface area contributed by atoms with Gasteiger partial charge in [-0.25, -0.2) is 0 Å². The van der Waals surface area contributed by atoms with Crippen molar-refractivity contribution in [2.45, 2.75) is 24.5 Å². The molecule has 2 N–H and O–H groups in total. The second-order valence-electron chi connectivity index (χ2n) is 4.41. The standard InChI is InChI=1S/C16H19NOS/c1-3-18-14-7-5-13(6-8-14)11-19-16-10-12(2)4-9-15(16)17/h4-10H,3,11,17H2,1-2H3. The van der Waals surface area contributed by atoms with E-state index in [1.807, 2.05) is 31.2 Å². The molecule has 19 heavy (non-hydrogen) atoms. The van der Waals surface area contributed by atoms with Crippen molar-refractivity contribution in [2.75, 3.05) is 12.3 Å². The minimum Gasteiger partial charge on any atom is -0.494 e. The number of hydrogen-bond donors (Lipinski definition) is 1. The highest BCUT2D eigenvalue weighted by molar-refractivity contribution is 7.98. The van der Waals surface area contributed by atoms with Gasteiger partial charge in [0, 0.05) is 16.3 Å². The molecule has 0 bridgehead atoms. The van der Waals surface area contributed by atoms with Gasteiger partial charge in [0.05, 0.1) is 6.61 Å². The monoisotopic (exact) mass is 273 g/mol. The van der Waals surface area contributed by atoms with Gasteiger partial charge in [-0.3, -0.25) is 0 Å². The predicted molar refractivity (Wildman–Crippen MR) is 82.8 cm³/mol. The first-order valence-electron chi connectivity index (χ1n) is 6.39. The van der Waals surface area contributed by atoms with E-state index in [4.69, 9.17) is 10.5 Å². The van der Waals surface area contributed by atoms with E-state index in [9.17, 15) is 0 Å². The molecule has 0 unspecified atom stereocenters. The molecule has 100 valence electrons. The molecule has 0 aliphatic carbocycles. The van der Waals surface area contributed by atoms with E-state index in [0.717, 1.165) is 22.1 Å². The Bertz CT molecular complexity index is 537. The van der Waals surface area contributed by atoms with Crippen LogP contribution in [0.5, 0.6) is 5.75 Å². The largest absolute Gasteiger partial charge is 0.494 e. The minimum absolute atomic E-state index is 0.702. The summed E-state index contributed by atoms with van der Waals surface area (Å²) < 4.78 is 5.43. The Morgan fingerprint density at radius 3 is 2.53 bits per heavy atom. The highest BCUT2D eigenvalue weighted by Crippen LogP contribution is 2.29. The average molecular weight is 273 g/mol. The maximum absolute atomic E-state index is 5.98. The van der Waals surface area contributed by atoms with Crippen molar-refractivity contribution >= 4 is 17.4 Å². The van der Waals surface area contributed by atoms with Crippen molar-refractivity contribution in [3.8, 4) is 5.75 Å². The van der Waals surface area contributed by atoms with Crippen LogP contribution in [0.15, 0.2) is 47.4 Å². The van der Waals surface area contributed by atoms with Gasteiger partial charge in [-0.2, -0.15) is 0 Å². The first kappa shape index (κ1) is 13.8. The smallest absolute Gasteiger partial charge is 0.119 e. The van der Waals surface area contributed by atoms with Gasteiger partial charge in [0.25, 0.3) is 0 Å². The first-order chi connectivity index (χ1) is 9.19. The van der Waals surface area contributed by atoms with Crippen LogP contribution in [-0.2, 0) is 5.75 Å². The second kappa shape index (κ2) is 6.53. The summed E-state index contributed by atoms with van der Waals surface area (Å²) in [5, 5.41) is 0. The van der Waals surface area contributed by atoms with Crippen molar-refractivity contribution in [1.29, 1.82) is 0 Å². The first-order valence-corrected chi connectivity index (χ1v) is 7.38. The van der Waals surface area contributed by atoms with Crippen molar-refractivity contribution in [1.82, 2.24) is 0 Å². The molecular formula is C16H19NOS. The van der Waals surface area contributed by atoms with E-state index in [-0.39, 0.29) is 0 Å². The fraction of sp³-hybridized carbons (Fsp3) is 0.250. The summed E-state index contributed by atoms with van der Waals surface area (Å²) in [7, 11) is 0. The molecule has 0 amide bonds. The number of aryl methyl sites for hydroxylation is 1. The van der Waals surface area contributed by atoms with Crippen LogP contribution in [-0.4, -0.2) is 6.61 Å². The third-order valence-electron chi connectivity index (χ3n) is 2.80. The van der Waals surface area contributed by atoms with Crippen LogP contribution in [0.3, 0.4) is 0 Å². The summed E-state index contributed by atoms with van der Waals surface area (Å²) in [6, 6.07) is 14.4. The van der Waals surface area contributed by atoms with Crippen LogP contribution in [0.25, 0.3) is 0 Å². The van der Waals surface area contributed by atoms with E-state index >= 15 is 0 Å². The molecule has 2 rings (SSSR count). The number of thioether (sulfide) groups is 1. The van der Waals surface area contributed by atoms with Crippen LogP contribution in [0.2, 0.25) is 0 Å². The van der Waals surface area contributed by atoms with E-state index in [1.165, 1.54) is 11.1 Å². The Labute approximate surface area is 119 Å². The molecular weight excluding hydrogens is 254 g/mol. The van der Waals surface area contributed by atoms with Gasteiger partial charge < -0.3 is 10.5 Å². The van der Waals surface area contributed by atoms with Crippen molar-refractivity contribution < 1.29 is 4.74 Å². The summed E-state index contributed by atoms with van der Waals surface area (Å²) in [5.41, 5.74) is 9.34. The molecule has 0 aliphatic rings. The number of rotatable bonds is 5. The molecule has 3 heteroatoms. The maximum atomic E-state index is 5.98. The fourth-order valence-corrected chi connectivity index (χ4v) is 2.79. The zero-order chi connectivity index (χ0) is 13.7. The van der Waals surface area contributed by atoms with Crippen LogP contribution in [0.1, 0.15) is 18.1 Å². The molecule has 0 aromatic heterocycles. The van der Waals surface area contributed by atoms with Crippen LogP contribution in [0.4, 0.5) is 5.69 Å². The minimum atomic E-state index is 0.702. The van der Waals surface area contributed by atoms with Gasteiger partial charge in [-0.15, -0.1) is 11.8 Å². The highest BCUT2D eigenvalue weighted by Gasteiger charge is 2.02.